The van der Waals surface area contributed by atoms with Crippen molar-refractivity contribution in [2.45, 2.75) is 18.7 Å². The van der Waals surface area contributed by atoms with E-state index in [0.717, 1.165) is 24.8 Å². The van der Waals surface area contributed by atoms with Crippen LogP contribution in [0.15, 0.2) is 92.1 Å². The van der Waals surface area contributed by atoms with Gasteiger partial charge in [0.1, 0.15) is 33.8 Å². The summed E-state index contributed by atoms with van der Waals surface area (Å²) in [6.45, 7) is 5.59. The first kappa shape index (κ1) is 32.9. The van der Waals surface area contributed by atoms with Gasteiger partial charge in [0.25, 0.3) is 0 Å². The number of aromatic hydroxyl groups is 1. The monoisotopic (exact) mass is 600 g/mol. The fraction of sp³-hybridized carbons (Fsp3) is 0.214. The topological polar surface area (TPSA) is 186 Å². The number of hydrogen-bond acceptors (Lipinski definition) is 12. The van der Waals surface area contributed by atoms with E-state index < -0.39 is 26.5 Å². The average Bonchev–Trinajstić information content (AvgIpc) is 2.96. The average molecular weight is 601 g/mol. The number of ether oxygens (including phenoxy) is 1. The second-order valence-electron chi connectivity index (χ2n) is 8.82. The summed E-state index contributed by atoms with van der Waals surface area (Å²) in [7, 11) is -5.03. The predicted octanol–water partition coefficient (Wildman–Crippen LogP) is 3.08. The molecule has 4 N–H and O–H groups in total. The molecule has 0 aromatic heterocycles. The first-order valence-electron chi connectivity index (χ1n) is 12.7. The van der Waals surface area contributed by atoms with Crippen molar-refractivity contribution in [3.05, 3.63) is 66.7 Å². The van der Waals surface area contributed by atoms with E-state index in [2.05, 4.69) is 39.2 Å². The second kappa shape index (κ2) is 14.5. The number of aliphatic hydroxyl groups excluding tert-OH is 1. The van der Waals surface area contributed by atoms with Gasteiger partial charge in [0, 0.05) is 35.9 Å². The standard InChI is InChI=1S/C28H30N6O6S.Na/c1-3-34(4-2)22-10-7-20(8-11-22)30-31-21-9-12-24(25(17-21)40-14-13-35)32-33-27-26(41(37,38)39)15-18-5-6-19(29)16-23(18)28(27)36;/h5-12,15-17,35-36H,3-4,13-14,29H2,1-2H3,(H,37,38,39);/q;+1/p-1. The Hall–Kier alpha value is -3.59. The van der Waals surface area contributed by atoms with Gasteiger partial charge in [-0.1, -0.05) is 6.07 Å². The molecule has 0 unspecified atom stereocenters. The molecule has 0 aliphatic rings. The number of nitrogen functional groups attached to an aromatic ring is 1. The molecule has 0 fully saturated rings. The third kappa shape index (κ3) is 7.82. The van der Waals surface area contributed by atoms with Gasteiger partial charge in [-0.3, -0.25) is 0 Å². The minimum atomic E-state index is -5.03. The number of phenols is 1. The molecular formula is C28H29N6NaO6S. The second-order valence-corrected chi connectivity index (χ2v) is 10.2. The fourth-order valence-electron chi connectivity index (χ4n) is 4.10. The van der Waals surface area contributed by atoms with Gasteiger partial charge in [0.2, 0.25) is 0 Å². The van der Waals surface area contributed by atoms with Gasteiger partial charge in [-0.05, 0) is 73.8 Å². The number of fused-ring (bicyclic) bond motifs is 1. The van der Waals surface area contributed by atoms with Gasteiger partial charge in [-0.2, -0.15) is 10.2 Å². The molecule has 0 saturated carbocycles. The largest absolute Gasteiger partial charge is 1.00 e. The van der Waals surface area contributed by atoms with E-state index in [1.54, 1.807) is 6.07 Å². The van der Waals surface area contributed by atoms with Gasteiger partial charge < -0.3 is 30.1 Å². The smallest absolute Gasteiger partial charge is 0.744 e. The van der Waals surface area contributed by atoms with Crippen LogP contribution in [0.3, 0.4) is 0 Å². The van der Waals surface area contributed by atoms with Crippen molar-refractivity contribution >= 4 is 55.0 Å². The summed E-state index contributed by atoms with van der Waals surface area (Å²) < 4.78 is 41.5. The number of phenolic OH excluding ortho intramolecular Hbond substituents is 1. The fourth-order valence-corrected chi connectivity index (χ4v) is 4.75. The van der Waals surface area contributed by atoms with Gasteiger partial charge >= 0.3 is 29.6 Å². The summed E-state index contributed by atoms with van der Waals surface area (Å²) in [6.07, 6.45) is 0. The van der Waals surface area contributed by atoms with Crippen molar-refractivity contribution < 1.29 is 57.5 Å². The maximum Gasteiger partial charge on any atom is 1.00 e. The summed E-state index contributed by atoms with van der Waals surface area (Å²) in [5.41, 5.74) is 7.84. The number of benzene rings is 4. The summed E-state index contributed by atoms with van der Waals surface area (Å²) in [6, 6.07) is 17.8. The van der Waals surface area contributed by atoms with Gasteiger partial charge in [0.15, 0.2) is 5.75 Å². The molecule has 42 heavy (non-hydrogen) atoms. The molecule has 0 aliphatic heterocycles. The van der Waals surface area contributed by atoms with Gasteiger partial charge in [-0.15, -0.1) is 10.2 Å². The number of aliphatic hydroxyl groups is 1. The van der Waals surface area contributed by atoms with E-state index in [1.807, 2.05) is 24.3 Å². The van der Waals surface area contributed by atoms with Crippen LogP contribution in [-0.4, -0.2) is 49.5 Å². The van der Waals surface area contributed by atoms with E-state index in [1.165, 1.54) is 30.3 Å². The van der Waals surface area contributed by atoms with Crippen LogP contribution < -0.4 is 44.9 Å². The number of rotatable bonds is 11. The van der Waals surface area contributed by atoms with Crippen LogP contribution in [0.1, 0.15) is 13.8 Å². The molecule has 0 atom stereocenters. The quantitative estimate of drug-likeness (QED) is 0.101. The van der Waals surface area contributed by atoms with Crippen LogP contribution in [0.4, 0.5) is 34.1 Å². The number of hydrogen-bond donors (Lipinski definition) is 3. The minimum absolute atomic E-state index is 0. The van der Waals surface area contributed by atoms with E-state index in [-0.39, 0.29) is 65.0 Å². The summed E-state index contributed by atoms with van der Waals surface area (Å²) in [5.74, 6) is -0.407. The normalized spacial score (nSPS) is 11.7. The van der Waals surface area contributed by atoms with Gasteiger partial charge in [-0.25, -0.2) is 8.42 Å². The van der Waals surface area contributed by atoms with Crippen LogP contribution in [-0.2, 0) is 10.1 Å². The Morgan fingerprint density at radius 3 is 2.21 bits per heavy atom. The third-order valence-electron chi connectivity index (χ3n) is 6.16. The van der Waals surface area contributed by atoms with Crippen molar-refractivity contribution in [3.63, 3.8) is 0 Å². The minimum Gasteiger partial charge on any atom is -0.744 e. The molecule has 214 valence electrons. The molecule has 0 amide bonds. The molecule has 4 rings (SSSR count). The Balaban J connectivity index is 0.00000484. The molecule has 0 saturated heterocycles. The zero-order chi connectivity index (χ0) is 29.6. The van der Waals surface area contributed by atoms with Crippen molar-refractivity contribution in [2.75, 3.05) is 36.9 Å². The molecule has 0 aliphatic carbocycles. The number of anilines is 2. The van der Waals surface area contributed by atoms with Crippen LogP contribution in [0.2, 0.25) is 0 Å². The molecule has 4 aromatic rings. The van der Waals surface area contributed by atoms with Crippen molar-refractivity contribution in [2.24, 2.45) is 20.5 Å². The molecule has 0 heterocycles. The van der Waals surface area contributed by atoms with Crippen LogP contribution in [0, 0.1) is 0 Å². The van der Waals surface area contributed by atoms with E-state index in [9.17, 15) is 23.2 Å². The molecule has 4 aromatic carbocycles. The zero-order valence-electron chi connectivity index (χ0n) is 23.4. The number of azo groups is 2. The number of nitrogens with zero attached hydrogens (tertiary/aromatic N) is 5. The Kier molecular flexibility index (Phi) is 11.4. The SMILES string of the molecule is CCN(CC)c1ccc(N=Nc2ccc(N=Nc3c(S(=O)(=O)[O-])cc4ccc(N)cc4c3O)c(OCCO)c2)cc1.[Na+]. The van der Waals surface area contributed by atoms with Gasteiger partial charge in [0.05, 0.1) is 22.9 Å². The molecular weight excluding hydrogens is 571 g/mol. The van der Waals surface area contributed by atoms with E-state index in [0.29, 0.717) is 17.1 Å². The maximum atomic E-state index is 12.0. The van der Waals surface area contributed by atoms with E-state index >= 15 is 0 Å². The van der Waals surface area contributed by atoms with Crippen molar-refractivity contribution in [1.29, 1.82) is 0 Å². The van der Waals surface area contributed by atoms with Crippen molar-refractivity contribution in [3.8, 4) is 11.5 Å². The Labute approximate surface area is 265 Å². The van der Waals surface area contributed by atoms with Crippen LogP contribution in [0.5, 0.6) is 11.5 Å². The van der Waals surface area contributed by atoms with Crippen molar-refractivity contribution in [1.82, 2.24) is 0 Å². The predicted molar refractivity (Wildman–Crippen MR) is 155 cm³/mol. The molecule has 0 spiro atoms. The third-order valence-corrected chi connectivity index (χ3v) is 7.01. The molecule has 0 radical (unpaired) electrons. The molecule has 12 nitrogen and oxygen atoms in total. The Morgan fingerprint density at radius 1 is 0.905 bits per heavy atom. The summed E-state index contributed by atoms with van der Waals surface area (Å²) in [5, 5.41) is 37.0. The summed E-state index contributed by atoms with van der Waals surface area (Å²) >= 11 is 0. The first-order valence-corrected chi connectivity index (χ1v) is 14.1. The van der Waals surface area contributed by atoms with E-state index in [4.69, 9.17) is 10.5 Å². The molecule has 14 heteroatoms. The Bertz CT molecular complexity index is 1710. The molecule has 0 bridgehead atoms. The number of nitrogens with two attached hydrogens (primary N) is 1. The first-order chi connectivity index (χ1) is 19.6. The summed E-state index contributed by atoms with van der Waals surface area (Å²) in [4.78, 5) is 1.47. The maximum absolute atomic E-state index is 12.0. The Morgan fingerprint density at radius 2 is 1.57 bits per heavy atom. The zero-order valence-corrected chi connectivity index (χ0v) is 26.2. The van der Waals surface area contributed by atoms with Crippen LogP contribution >= 0.6 is 0 Å². The van der Waals surface area contributed by atoms with Crippen LogP contribution in [0.25, 0.3) is 10.8 Å².